The first-order valence-corrected chi connectivity index (χ1v) is 11.8. The van der Waals surface area contributed by atoms with E-state index in [-0.39, 0.29) is 11.5 Å². The van der Waals surface area contributed by atoms with Gasteiger partial charge >= 0.3 is 0 Å². The number of hydrogen-bond acceptors (Lipinski definition) is 5. The predicted octanol–water partition coefficient (Wildman–Crippen LogP) is 4.16. The molecule has 0 spiro atoms. The van der Waals surface area contributed by atoms with E-state index in [0.717, 1.165) is 18.6 Å². The van der Waals surface area contributed by atoms with Crippen molar-refractivity contribution in [3.8, 4) is 5.69 Å². The number of nitrogens with zero attached hydrogens (tertiary/aromatic N) is 3. The van der Waals surface area contributed by atoms with Crippen molar-refractivity contribution in [1.82, 2.24) is 14.5 Å². The Bertz CT molecular complexity index is 1130. The van der Waals surface area contributed by atoms with Crippen molar-refractivity contribution in [2.75, 3.05) is 32.1 Å². The molecule has 1 aliphatic rings. The van der Waals surface area contributed by atoms with Gasteiger partial charge < -0.3 is 9.64 Å². The van der Waals surface area contributed by atoms with Crippen LogP contribution in [0.25, 0.3) is 16.6 Å². The van der Waals surface area contributed by atoms with Crippen molar-refractivity contribution < 1.29 is 9.53 Å². The molecule has 1 amide bonds. The summed E-state index contributed by atoms with van der Waals surface area (Å²) in [6.07, 6.45) is 2.20. The Morgan fingerprint density at radius 3 is 2.71 bits per heavy atom. The molecule has 0 radical (unpaired) electrons. The molecule has 0 aliphatic carbocycles. The molecule has 0 bridgehead atoms. The Balaban J connectivity index is 1.47. The minimum Gasteiger partial charge on any atom is -0.378 e. The third kappa shape index (κ3) is 5.29. The standard InChI is InChI=1S/C23H24ClN3O3S/c24-17-6-5-7-18(16-17)27-22(29)19-8-1-2-9-20(19)25-23(27)31-15-4-3-10-21(28)26-11-13-30-14-12-26/h1-2,5-9,16H,3-4,10-15H2. The maximum absolute atomic E-state index is 13.2. The molecule has 2 aromatic carbocycles. The van der Waals surface area contributed by atoms with Gasteiger partial charge in [0.1, 0.15) is 0 Å². The molecule has 1 aliphatic heterocycles. The lowest BCUT2D eigenvalue weighted by molar-refractivity contribution is -0.135. The molecule has 2 heterocycles. The molecular weight excluding hydrogens is 434 g/mol. The molecular formula is C23H24ClN3O3S. The van der Waals surface area contributed by atoms with Crippen LogP contribution in [0.4, 0.5) is 0 Å². The molecule has 31 heavy (non-hydrogen) atoms. The fraction of sp³-hybridized carbons (Fsp3) is 0.348. The number of halogens is 1. The van der Waals surface area contributed by atoms with Gasteiger partial charge in [0, 0.05) is 30.3 Å². The quantitative estimate of drug-likeness (QED) is 0.303. The maximum atomic E-state index is 13.2. The summed E-state index contributed by atoms with van der Waals surface area (Å²) in [5.41, 5.74) is 1.26. The summed E-state index contributed by atoms with van der Waals surface area (Å²) in [5.74, 6) is 0.954. The van der Waals surface area contributed by atoms with Gasteiger partial charge in [-0.25, -0.2) is 4.98 Å². The Labute approximate surface area is 190 Å². The highest BCUT2D eigenvalue weighted by Gasteiger charge is 2.17. The van der Waals surface area contributed by atoms with Gasteiger partial charge in [-0.3, -0.25) is 14.2 Å². The van der Waals surface area contributed by atoms with E-state index >= 15 is 0 Å². The molecule has 1 fully saturated rings. The zero-order valence-electron chi connectivity index (χ0n) is 17.1. The van der Waals surface area contributed by atoms with Crippen LogP contribution in [0, 0.1) is 0 Å². The fourth-order valence-electron chi connectivity index (χ4n) is 3.56. The van der Waals surface area contributed by atoms with E-state index in [9.17, 15) is 9.59 Å². The van der Waals surface area contributed by atoms with Crippen molar-refractivity contribution in [1.29, 1.82) is 0 Å². The van der Waals surface area contributed by atoms with E-state index in [4.69, 9.17) is 21.3 Å². The summed E-state index contributed by atoms with van der Waals surface area (Å²) in [7, 11) is 0. The summed E-state index contributed by atoms with van der Waals surface area (Å²) < 4.78 is 6.92. The average Bonchev–Trinajstić information content (AvgIpc) is 2.79. The molecule has 1 saturated heterocycles. The van der Waals surface area contributed by atoms with Crippen LogP contribution in [0.2, 0.25) is 5.02 Å². The fourth-order valence-corrected chi connectivity index (χ4v) is 4.76. The number of thioether (sulfide) groups is 1. The monoisotopic (exact) mass is 457 g/mol. The van der Waals surface area contributed by atoms with Crippen LogP contribution in [0.15, 0.2) is 58.5 Å². The number of ether oxygens (including phenoxy) is 1. The van der Waals surface area contributed by atoms with E-state index in [1.54, 1.807) is 22.8 Å². The lowest BCUT2D eigenvalue weighted by Gasteiger charge is -2.26. The van der Waals surface area contributed by atoms with Crippen LogP contribution in [0.1, 0.15) is 19.3 Å². The normalized spacial score (nSPS) is 14.2. The van der Waals surface area contributed by atoms with Gasteiger partial charge in [0.05, 0.1) is 29.8 Å². The number of fused-ring (bicyclic) bond motifs is 1. The summed E-state index contributed by atoms with van der Waals surface area (Å²) in [6, 6.07) is 14.6. The third-order valence-electron chi connectivity index (χ3n) is 5.19. The van der Waals surface area contributed by atoms with Gasteiger partial charge in [-0.05, 0) is 43.2 Å². The molecule has 3 aromatic rings. The van der Waals surface area contributed by atoms with E-state index < -0.39 is 0 Å². The van der Waals surface area contributed by atoms with Crippen molar-refractivity contribution in [2.45, 2.75) is 24.4 Å². The van der Waals surface area contributed by atoms with Crippen molar-refractivity contribution in [2.24, 2.45) is 0 Å². The molecule has 0 N–H and O–H groups in total. The van der Waals surface area contributed by atoms with Crippen molar-refractivity contribution >= 4 is 40.2 Å². The highest BCUT2D eigenvalue weighted by Crippen LogP contribution is 2.24. The maximum Gasteiger partial charge on any atom is 0.266 e. The first-order valence-electron chi connectivity index (χ1n) is 10.4. The third-order valence-corrected chi connectivity index (χ3v) is 6.45. The van der Waals surface area contributed by atoms with Crippen LogP contribution in [0.3, 0.4) is 0 Å². The van der Waals surface area contributed by atoms with E-state index in [1.807, 2.05) is 35.2 Å². The second kappa shape index (κ2) is 10.3. The molecule has 4 rings (SSSR count). The Hall–Kier alpha value is -2.35. The molecule has 6 nitrogen and oxygen atoms in total. The van der Waals surface area contributed by atoms with Crippen LogP contribution in [-0.2, 0) is 9.53 Å². The molecule has 0 atom stereocenters. The van der Waals surface area contributed by atoms with Crippen molar-refractivity contribution in [3.63, 3.8) is 0 Å². The Morgan fingerprint density at radius 1 is 1.10 bits per heavy atom. The van der Waals surface area contributed by atoms with E-state index in [2.05, 4.69) is 0 Å². The van der Waals surface area contributed by atoms with Crippen molar-refractivity contribution in [3.05, 3.63) is 63.9 Å². The van der Waals surface area contributed by atoms with Gasteiger partial charge in [0.2, 0.25) is 5.91 Å². The molecule has 162 valence electrons. The molecule has 0 unspecified atom stereocenters. The first-order chi connectivity index (χ1) is 15.1. The number of rotatable bonds is 7. The topological polar surface area (TPSA) is 64.4 Å². The smallest absolute Gasteiger partial charge is 0.266 e. The lowest BCUT2D eigenvalue weighted by atomic mass is 10.2. The minimum absolute atomic E-state index is 0.113. The number of benzene rings is 2. The number of carbonyl (C=O) groups is 1. The molecule has 0 saturated carbocycles. The number of hydrogen-bond donors (Lipinski definition) is 0. The van der Waals surface area contributed by atoms with Gasteiger partial charge in [-0.15, -0.1) is 0 Å². The van der Waals surface area contributed by atoms with E-state index in [1.165, 1.54) is 11.8 Å². The molecule has 1 aromatic heterocycles. The number of para-hydroxylation sites is 1. The SMILES string of the molecule is O=C(CCCCSc1nc2ccccc2c(=O)n1-c1cccc(Cl)c1)N1CCOCC1. The van der Waals surface area contributed by atoms with Crippen LogP contribution < -0.4 is 5.56 Å². The summed E-state index contributed by atoms with van der Waals surface area (Å²) in [4.78, 5) is 32.1. The van der Waals surface area contributed by atoms with Crippen LogP contribution in [0.5, 0.6) is 0 Å². The van der Waals surface area contributed by atoms with Gasteiger partial charge in [0.15, 0.2) is 5.16 Å². The van der Waals surface area contributed by atoms with Crippen LogP contribution in [-0.4, -0.2) is 52.4 Å². The second-order valence-electron chi connectivity index (χ2n) is 7.33. The summed E-state index contributed by atoms with van der Waals surface area (Å²) in [5, 5.41) is 1.77. The second-order valence-corrected chi connectivity index (χ2v) is 8.83. The zero-order chi connectivity index (χ0) is 21.6. The minimum atomic E-state index is -0.113. The first kappa shape index (κ1) is 21.9. The number of unbranched alkanes of at least 4 members (excludes halogenated alkanes) is 1. The number of carbonyl (C=O) groups excluding carboxylic acids is 1. The Morgan fingerprint density at radius 2 is 1.90 bits per heavy atom. The number of amides is 1. The zero-order valence-corrected chi connectivity index (χ0v) is 18.7. The van der Waals surface area contributed by atoms with Gasteiger partial charge in [-0.1, -0.05) is 41.6 Å². The van der Waals surface area contributed by atoms with E-state index in [0.29, 0.717) is 59.5 Å². The number of morpholine rings is 1. The van der Waals surface area contributed by atoms with Crippen LogP contribution >= 0.6 is 23.4 Å². The summed E-state index contributed by atoms with van der Waals surface area (Å²) in [6.45, 7) is 2.60. The largest absolute Gasteiger partial charge is 0.378 e. The van der Waals surface area contributed by atoms with Gasteiger partial charge in [-0.2, -0.15) is 0 Å². The Kier molecular flexibility index (Phi) is 7.27. The number of aromatic nitrogens is 2. The lowest BCUT2D eigenvalue weighted by Crippen LogP contribution is -2.40. The molecule has 8 heteroatoms. The van der Waals surface area contributed by atoms with Gasteiger partial charge in [0.25, 0.3) is 5.56 Å². The summed E-state index contributed by atoms with van der Waals surface area (Å²) >= 11 is 7.70. The predicted molar refractivity (Wildman–Crippen MR) is 124 cm³/mol. The average molecular weight is 458 g/mol. The highest BCUT2D eigenvalue weighted by molar-refractivity contribution is 7.99. The highest BCUT2D eigenvalue weighted by atomic mass is 35.5.